The fourth-order valence-electron chi connectivity index (χ4n) is 2.57. The number of nitriles is 1. The third-order valence-electron chi connectivity index (χ3n) is 3.96. The van der Waals surface area contributed by atoms with Crippen molar-refractivity contribution in [3.63, 3.8) is 0 Å². The molecule has 170 valence electrons. The molecule has 0 unspecified atom stereocenters. The zero-order chi connectivity index (χ0) is 24.2. The SMILES string of the molecule is CCOc1ccc(-c2ccc(C=C(C#N)C(=O)Nc3nnc(S(C)(=O)=O)s3)o2)c([N+](=O)[O-])c1. The average Bonchev–Trinajstić information content (AvgIpc) is 3.41. The molecule has 1 N–H and O–H groups in total. The van der Waals surface area contributed by atoms with Gasteiger partial charge in [-0.25, -0.2) is 8.42 Å². The Morgan fingerprint density at radius 1 is 1.36 bits per heavy atom. The van der Waals surface area contributed by atoms with Gasteiger partial charge in [0.1, 0.15) is 28.9 Å². The van der Waals surface area contributed by atoms with E-state index in [0.29, 0.717) is 23.7 Å². The van der Waals surface area contributed by atoms with Crippen LogP contribution < -0.4 is 10.1 Å². The molecular weight excluding hydrogens is 474 g/mol. The molecule has 2 heterocycles. The summed E-state index contributed by atoms with van der Waals surface area (Å²) in [4.78, 5) is 23.3. The van der Waals surface area contributed by atoms with Crippen molar-refractivity contribution in [2.75, 3.05) is 18.2 Å². The number of carbonyl (C=O) groups excluding carboxylic acids is 1. The molecule has 0 spiro atoms. The van der Waals surface area contributed by atoms with Crippen LogP contribution >= 0.6 is 11.3 Å². The standard InChI is InChI=1S/C19H15N5O7S2/c1-3-30-12-4-6-14(15(9-12)24(26)27)16-7-5-13(31-16)8-11(10-20)17(25)21-18-22-23-19(32-18)33(2,28)29/h4-9H,3H2,1-2H3,(H,21,22,25). The molecule has 33 heavy (non-hydrogen) atoms. The van der Waals surface area contributed by atoms with Gasteiger partial charge in [-0.15, -0.1) is 10.2 Å². The maximum Gasteiger partial charge on any atom is 0.284 e. The first-order valence-corrected chi connectivity index (χ1v) is 11.8. The van der Waals surface area contributed by atoms with Gasteiger partial charge in [-0.2, -0.15) is 5.26 Å². The quantitative estimate of drug-likeness (QED) is 0.162. The smallest absolute Gasteiger partial charge is 0.284 e. The van der Waals surface area contributed by atoms with Crippen LogP contribution in [-0.2, 0) is 14.6 Å². The fraction of sp³-hybridized carbons (Fsp3) is 0.158. The van der Waals surface area contributed by atoms with Crippen molar-refractivity contribution in [2.45, 2.75) is 11.3 Å². The van der Waals surface area contributed by atoms with Crippen LogP contribution in [0.1, 0.15) is 12.7 Å². The van der Waals surface area contributed by atoms with Crippen LogP contribution in [0.2, 0.25) is 0 Å². The Morgan fingerprint density at radius 3 is 2.73 bits per heavy atom. The highest BCUT2D eigenvalue weighted by molar-refractivity contribution is 7.92. The van der Waals surface area contributed by atoms with Gasteiger partial charge in [0.15, 0.2) is 0 Å². The number of anilines is 1. The van der Waals surface area contributed by atoms with Gasteiger partial charge >= 0.3 is 0 Å². The van der Waals surface area contributed by atoms with Crippen molar-refractivity contribution in [3.05, 3.63) is 51.8 Å². The average molecular weight is 489 g/mol. The first-order valence-electron chi connectivity index (χ1n) is 9.10. The Labute approximate surface area is 191 Å². The second-order valence-electron chi connectivity index (χ2n) is 6.34. The first kappa shape index (κ1) is 23.6. The normalized spacial score (nSPS) is 11.6. The predicted molar refractivity (Wildman–Crippen MR) is 117 cm³/mol. The number of benzene rings is 1. The number of carbonyl (C=O) groups is 1. The van der Waals surface area contributed by atoms with E-state index in [1.54, 1.807) is 19.1 Å². The second-order valence-corrected chi connectivity index (χ2v) is 9.51. The van der Waals surface area contributed by atoms with Crippen LogP contribution in [0.25, 0.3) is 17.4 Å². The third kappa shape index (κ3) is 5.59. The van der Waals surface area contributed by atoms with Crippen LogP contribution in [0, 0.1) is 21.4 Å². The maximum atomic E-state index is 12.4. The van der Waals surface area contributed by atoms with E-state index >= 15 is 0 Å². The van der Waals surface area contributed by atoms with Crippen LogP contribution in [-0.4, -0.2) is 42.3 Å². The molecule has 3 rings (SSSR count). The van der Waals surface area contributed by atoms with Crippen LogP contribution in [0.15, 0.2) is 44.7 Å². The highest BCUT2D eigenvalue weighted by Gasteiger charge is 2.21. The van der Waals surface area contributed by atoms with E-state index in [1.165, 1.54) is 24.3 Å². The summed E-state index contributed by atoms with van der Waals surface area (Å²) in [5, 5.41) is 30.0. The van der Waals surface area contributed by atoms with Gasteiger partial charge in [-0.1, -0.05) is 11.3 Å². The summed E-state index contributed by atoms with van der Waals surface area (Å²) in [6.45, 7) is 2.10. The van der Waals surface area contributed by atoms with Gasteiger partial charge in [0.05, 0.1) is 23.2 Å². The van der Waals surface area contributed by atoms with Crippen molar-refractivity contribution < 1.29 is 27.3 Å². The van der Waals surface area contributed by atoms with Crippen molar-refractivity contribution in [2.24, 2.45) is 0 Å². The zero-order valence-corrected chi connectivity index (χ0v) is 18.8. The van der Waals surface area contributed by atoms with Crippen LogP contribution in [0.3, 0.4) is 0 Å². The molecule has 1 aromatic carbocycles. The number of ether oxygens (including phenoxy) is 1. The Hall–Kier alpha value is -4.09. The van der Waals surface area contributed by atoms with Crippen molar-refractivity contribution in [3.8, 4) is 23.1 Å². The van der Waals surface area contributed by atoms with Gasteiger partial charge in [-0.3, -0.25) is 20.2 Å². The van der Waals surface area contributed by atoms with Crippen LogP contribution in [0.5, 0.6) is 5.75 Å². The van der Waals surface area contributed by atoms with Gasteiger partial charge in [0.2, 0.25) is 19.3 Å². The van der Waals surface area contributed by atoms with Gasteiger partial charge in [0, 0.05) is 12.3 Å². The van der Waals surface area contributed by atoms with E-state index in [4.69, 9.17) is 9.15 Å². The molecule has 0 radical (unpaired) electrons. The minimum absolute atomic E-state index is 0.0916. The second kappa shape index (κ2) is 9.59. The highest BCUT2D eigenvalue weighted by Crippen LogP contribution is 2.34. The fourth-order valence-corrected chi connectivity index (χ4v) is 4.07. The number of aromatic nitrogens is 2. The molecule has 0 atom stereocenters. The molecule has 0 aliphatic rings. The summed E-state index contributed by atoms with van der Waals surface area (Å²) in [6, 6.07) is 8.92. The molecule has 14 heteroatoms. The summed E-state index contributed by atoms with van der Waals surface area (Å²) >= 11 is 0.636. The summed E-state index contributed by atoms with van der Waals surface area (Å²) in [7, 11) is -3.59. The molecule has 12 nitrogen and oxygen atoms in total. The van der Waals surface area contributed by atoms with Crippen molar-refractivity contribution in [1.29, 1.82) is 5.26 Å². The van der Waals surface area contributed by atoms with Crippen molar-refractivity contribution >= 4 is 44.0 Å². The minimum Gasteiger partial charge on any atom is -0.494 e. The zero-order valence-electron chi connectivity index (χ0n) is 17.1. The number of amides is 1. The first-order chi connectivity index (χ1) is 15.6. The molecule has 0 bridgehead atoms. The van der Waals surface area contributed by atoms with E-state index in [2.05, 4.69) is 15.5 Å². The number of nitro groups is 1. The molecule has 2 aromatic heterocycles. The Morgan fingerprint density at radius 2 is 2.12 bits per heavy atom. The molecule has 0 saturated carbocycles. The number of nitro benzene ring substituents is 1. The third-order valence-corrected chi connectivity index (χ3v) is 6.47. The van der Waals surface area contributed by atoms with Crippen molar-refractivity contribution in [1.82, 2.24) is 10.2 Å². The predicted octanol–water partition coefficient (Wildman–Crippen LogP) is 3.05. The molecule has 1 amide bonds. The summed E-state index contributed by atoms with van der Waals surface area (Å²) in [5.41, 5.74) is -0.413. The number of hydrogen-bond donors (Lipinski definition) is 1. The number of sulfone groups is 1. The Kier molecular flexibility index (Phi) is 6.85. The highest BCUT2D eigenvalue weighted by atomic mass is 32.2. The molecule has 3 aromatic rings. The van der Waals surface area contributed by atoms with E-state index < -0.39 is 20.7 Å². The number of rotatable bonds is 8. The Balaban J connectivity index is 1.85. The maximum absolute atomic E-state index is 12.4. The van der Waals surface area contributed by atoms with Gasteiger partial charge < -0.3 is 9.15 Å². The molecule has 0 aliphatic carbocycles. The lowest BCUT2D eigenvalue weighted by Gasteiger charge is -2.05. The number of nitrogens with zero attached hydrogens (tertiary/aromatic N) is 4. The summed E-state index contributed by atoms with van der Waals surface area (Å²) in [6.07, 6.45) is 2.08. The molecule has 0 aliphatic heterocycles. The molecule has 0 fully saturated rings. The lowest BCUT2D eigenvalue weighted by Crippen LogP contribution is -2.13. The van der Waals surface area contributed by atoms with Crippen LogP contribution in [0.4, 0.5) is 10.8 Å². The minimum atomic E-state index is -3.59. The number of furan rings is 1. The Bertz CT molecular complexity index is 1400. The summed E-state index contributed by atoms with van der Waals surface area (Å²) in [5.74, 6) is -0.290. The van der Waals surface area contributed by atoms with E-state index in [0.717, 1.165) is 12.3 Å². The molecule has 0 saturated heterocycles. The topological polar surface area (TPSA) is 178 Å². The number of hydrogen-bond acceptors (Lipinski definition) is 11. The number of nitrogens with one attached hydrogen (secondary N) is 1. The van der Waals surface area contributed by atoms with E-state index in [1.807, 2.05) is 0 Å². The monoisotopic (exact) mass is 489 g/mol. The lowest BCUT2D eigenvalue weighted by molar-refractivity contribution is -0.384. The largest absolute Gasteiger partial charge is 0.494 e. The van der Waals surface area contributed by atoms with E-state index in [9.17, 15) is 28.6 Å². The molecular formula is C19H15N5O7S2. The van der Waals surface area contributed by atoms with Gasteiger partial charge in [0.25, 0.3) is 11.6 Å². The van der Waals surface area contributed by atoms with E-state index in [-0.39, 0.29) is 37.8 Å². The lowest BCUT2D eigenvalue weighted by atomic mass is 10.1. The summed E-state index contributed by atoms with van der Waals surface area (Å²) < 4.78 is 33.5. The van der Waals surface area contributed by atoms with Gasteiger partial charge in [-0.05, 0) is 31.2 Å².